The third kappa shape index (κ3) is 2.18. The molecule has 0 unspecified atom stereocenters. The van der Waals surface area contributed by atoms with Crippen molar-refractivity contribution in [3.05, 3.63) is 10.1 Å². The lowest BCUT2D eigenvalue weighted by molar-refractivity contribution is -0.576. The van der Waals surface area contributed by atoms with Gasteiger partial charge in [-0.05, 0) is 12.8 Å². The maximum absolute atomic E-state index is 10.9. The highest BCUT2D eigenvalue weighted by Gasteiger charge is 2.42. The SMILES string of the molecule is N#CCCC1([N+](=O)[O-])CCCCC1. The van der Waals surface area contributed by atoms with E-state index in [0.29, 0.717) is 25.7 Å². The second-order valence-electron chi connectivity index (χ2n) is 3.70. The first-order chi connectivity index (χ1) is 6.21. The van der Waals surface area contributed by atoms with Crippen molar-refractivity contribution in [2.75, 3.05) is 0 Å². The normalized spacial score (nSPS) is 20.5. The molecule has 13 heavy (non-hydrogen) atoms. The Morgan fingerprint density at radius 3 is 2.46 bits per heavy atom. The average Bonchev–Trinajstić information content (AvgIpc) is 2.16. The number of nitriles is 1. The fraction of sp³-hybridized carbons (Fsp3) is 0.889. The van der Waals surface area contributed by atoms with Gasteiger partial charge in [0.05, 0.1) is 6.07 Å². The molecule has 0 N–H and O–H groups in total. The summed E-state index contributed by atoms with van der Waals surface area (Å²) in [5, 5.41) is 19.3. The number of hydrogen-bond donors (Lipinski definition) is 0. The minimum Gasteiger partial charge on any atom is -0.264 e. The van der Waals surface area contributed by atoms with Gasteiger partial charge in [-0.25, -0.2) is 0 Å². The molecule has 1 aliphatic rings. The quantitative estimate of drug-likeness (QED) is 0.496. The molecule has 0 radical (unpaired) electrons. The molecule has 72 valence electrons. The molecule has 0 saturated heterocycles. The Morgan fingerprint density at radius 2 is 2.00 bits per heavy atom. The molecule has 0 aromatic carbocycles. The third-order valence-corrected chi connectivity index (χ3v) is 2.87. The molecule has 1 rings (SSSR count). The van der Waals surface area contributed by atoms with Gasteiger partial charge >= 0.3 is 0 Å². The number of hydrogen-bond acceptors (Lipinski definition) is 3. The van der Waals surface area contributed by atoms with Crippen molar-refractivity contribution in [3.63, 3.8) is 0 Å². The zero-order valence-electron chi connectivity index (χ0n) is 7.66. The van der Waals surface area contributed by atoms with E-state index in [4.69, 9.17) is 5.26 Å². The van der Waals surface area contributed by atoms with E-state index < -0.39 is 5.54 Å². The van der Waals surface area contributed by atoms with Gasteiger partial charge in [0.2, 0.25) is 5.54 Å². The molecule has 0 aromatic heterocycles. The van der Waals surface area contributed by atoms with Gasteiger partial charge in [0.1, 0.15) is 0 Å². The van der Waals surface area contributed by atoms with Gasteiger partial charge in [-0.2, -0.15) is 5.26 Å². The van der Waals surface area contributed by atoms with E-state index in [1.165, 1.54) is 0 Å². The lowest BCUT2D eigenvalue weighted by Crippen LogP contribution is -2.40. The summed E-state index contributed by atoms with van der Waals surface area (Å²) in [5.41, 5.74) is -0.770. The predicted molar refractivity (Wildman–Crippen MR) is 47.7 cm³/mol. The van der Waals surface area contributed by atoms with Gasteiger partial charge in [-0.15, -0.1) is 0 Å². The Labute approximate surface area is 77.7 Å². The molecule has 0 heterocycles. The van der Waals surface area contributed by atoms with E-state index in [2.05, 4.69) is 0 Å². The maximum Gasteiger partial charge on any atom is 0.223 e. The van der Waals surface area contributed by atoms with Crippen LogP contribution in [0.15, 0.2) is 0 Å². The fourth-order valence-corrected chi connectivity index (χ4v) is 2.02. The molecule has 0 aliphatic heterocycles. The topological polar surface area (TPSA) is 66.9 Å². The first-order valence-electron chi connectivity index (χ1n) is 4.73. The largest absolute Gasteiger partial charge is 0.264 e. The maximum atomic E-state index is 10.9. The van der Waals surface area contributed by atoms with Crippen molar-refractivity contribution in [2.45, 2.75) is 50.5 Å². The summed E-state index contributed by atoms with van der Waals surface area (Å²) in [6, 6.07) is 1.99. The minimum atomic E-state index is -0.770. The van der Waals surface area contributed by atoms with Crippen LogP contribution in [0.3, 0.4) is 0 Å². The third-order valence-electron chi connectivity index (χ3n) is 2.87. The molecule has 4 nitrogen and oxygen atoms in total. The van der Waals surface area contributed by atoms with E-state index in [-0.39, 0.29) is 4.92 Å². The van der Waals surface area contributed by atoms with Crippen molar-refractivity contribution in [2.24, 2.45) is 0 Å². The Kier molecular flexibility index (Phi) is 3.24. The Morgan fingerprint density at radius 1 is 1.38 bits per heavy atom. The van der Waals surface area contributed by atoms with E-state index in [9.17, 15) is 10.1 Å². The smallest absolute Gasteiger partial charge is 0.223 e. The molecule has 1 aliphatic carbocycles. The monoisotopic (exact) mass is 182 g/mol. The van der Waals surface area contributed by atoms with Gasteiger partial charge in [0.25, 0.3) is 0 Å². The van der Waals surface area contributed by atoms with Crippen LogP contribution in [-0.4, -0.2) is 10.5 Å². The van der Waals surface area contributed by atoms with Crippen LogP contribution in [-0.2, 0) is 0 Å². The first-order valence-corrected chi connectivity index (χ1v) is 4.73. The standard InChI is InChI=1S/C9H14N2O2/c10-8-4-7-9(11(12)13)5-2-1-3-6-9/h1-7H2. The second-order valence-corrected chi connectivity index (χ2v) is 3.70. The lowest BCUT2D eigenvalue weighted by atomic mass is 9.79. The van der Waals surface area contributed by atoms with E-state index >= 15 is 0 Å². The Balaban J connectivity index is 2.62. The Bertz CT molecular complexity index is 226. The lowest BCUT2D eigenvalue weighted by Gasteiger charge is -2.28. The summed E-state index contributed by atoms with van der Waals surface area (Å²) in [6.07, 6.45) is 5.02. The zero-order chi connectivity index (χ0) is 9.73. The van der Waals surface area contributed by atoms with Crippen molar-refractivity contribution in [1.29, 1.82) is 5.26 Å². The van der Waals surface area contributed by atoms with Crippen molar-refractivity contribution >= 4 is 0 Å². The van der Waals surface area contributed by atoms with Crippen molar-refractivity contribution in [3.8, 4) is 6.07 Å². The first kappa shape index (κ1) is 9.97. The molecule has 0 spiro atoms. The van der Waals surface area contributed by atoms with Gasteiger partial charge in [-0.3, -0.25) is 10.1 Å². The molecule has 0 bridgehead atoms. The summed E-state index contributed by atoms with van der Waals surface area (Å²) in [7, 11) is 0. The molecule has 1 saturated carbocycles. The van der Waals surface area contributed by atoms with Crippen LogP contribution in [0.1, 0.15) is 44.9 Å². The fourth-order valence-electron chi connectivity index (χ4n) is 2.02. The molecular weight excluding hydrogens is 168 g/mol. The van der Waals surface area contributed by atoms with Crippen LogP contribution >= 0.6 is 0 Å². The average molecular weight is 182 g/mol. The summed E-state index contributed by atoms with van der Waals surface area (Å²) < 4.78 is 0. The molecule has 0 aromatic rings. The molecule has 4 heteroatoms. The predicted octanol–water partition coefficient (Wildman–Crippen LogP) is 2.27. The number of nitro groups is 1. The summed E-state index contributed by atoms with van der Waals surface area (Å²) in [5.74, 6) is 0. The van der Waals surface area contributed by atoms with E-state index in [0.717, 1.165) is 19.3 Å². The van der Waals surface area contributed by atoms with Crippen LogP contribution in [0.4, 0.5) is 0 Å². The summed E-state index contributed by atoms with van der Waals surface area (Å²) in [4.78, 5) is 10.7. The second kappa shape index (κ2) is 4.22. The van der Waals surface area contributed by atoms with E-state index in [1.54, 1.807) is 0 Å². The minimum absolute atomic E-state index is 0.163. The van der Waals surface area contributed by atoms with Crippen molar-refractivity contribution < 1.29 is 4.92 Å². The van der Waals surface area contributed by atoms with Gasteiger partial charge in [-0.1, -0.05) is 6.42 Å². The summed E-state index contributed by atoms with van der Waals surface area (Å²) >= 11 is 0. The van der Waals surface area contributed by atoms with Gasteiger partial charge in [0, 0.05) is 30.6 Å². The highest BCUT2D eigenvalue weighted by molar-refractivity contribution is 4.86. The molecule has 0 atom stereocenters. The summed E-state index contributed by atoms with van der Waals surface area (Å²) in [6.45, 7) is 0. The number of rotatable bonds is 3. The molecule has 0 amide bonds. The van der Waals surface area contributed by atoms with Gasteiger partial charge in [0.15, 0.2) is 0 Å². The van der Waals surface area contributed by atoms with E-state index in [1.807, 2.05) is 6.07 Å². The van der Waals surface area contributed by atoms with Crippen LogP contribution in [0.25, 0.3) is 0 Å². The van der Waals surface area contributed by atoms with Crippen LogP contribution in [0, 0.1) is 21.4 Å². The zero-order valence-corrected chi connectivity index (χ0v) is 7.66. The molecule has 1 fully saturated rings. The van der Waals surface area contributed by atoms with Crippen molar-refractivity contribution in [1.82, 2.24) is 0 Å². The van der Waals surface area contributed by atoms with Crippen LogP contribution in [0.5, 0.6) is 0 Å². The van der Waals surface area contributed by atoms with Crippen LogP contribution < -0.4 is 0 Å². The highest BCUT2D eigenvalue weighted by Crippen LogP contribution is 2.34. The highest BCUT2D eigenvalue weighted by atomic mass is 16.6. The molecular formula is C9H14N2O2. The van der Waals surface area contributed by atoms with Gasteiger partial charge < -0.3 is 0 Å². The van der Waals surface area contributed by atoms with Crippen LogP contribution in [0.2, 0.25) is 0 Å². The Hall–Kier alpha value is -1.11. The number of nitrogens with zero attached hydrogens (tertiary/aromatic N) is 2.